The molecule has 96 valence electrons. The highest BCUT2D eigenvalue weighted by molar-refractivity contribution is 6.31. The lowest BCUT2D eigenvalue weighted by molar-refractivity contribution is -0.121. The fourth-order valence-electron chi connectivity index (χ4n) is 2.10. The van der Waals surface area contributed by atoms with Crippen LogP contribution < -0.4 is 0 Å². The Morgan fingerprint density at radius 3 is 2.41 bits per heavy atom. The van der Waals surface area contributed by atoms with Gasteiger partial charge in [-0.05, 0) is 19.3 Å². The first-order valence-electron chi connectivity index (χ1n) is 6.09. The van der Waals surface area contributed by atoms with Gasteiger partial charge < -0.3 is 0 Å². The quantitative estimate of drug-likeness (QED) is 0.812. The molecule has 0 aliphatic rings. The van der Waals surface area contributed by atoms with Crippen molar-refractivity contribution in [3.63, 3.8) is 0 Å². The van der Waals surface area contributed by atoms with Crippen molar-refractivity contribution in [2.24, 2.45) is 18.9 Å². The summed E-state index contributed by atoms with van der Waals surface area (Å²) in [6, 6.07) is 0. The Balaban J connectivity index is 3.01. The van der Waals surface area contributed by atoms with E-state index in [-0.39, 0.29) is 11.7 Å². The second-order valence-electron chi connectivity index (χ2n) is 4.85. The second-order valence-corrected chi connectivity index (χ2v) is 5.23. The van der Waals surface area contributed by atoms with E-state index in [0.717, 1.165) is 22.8 Å². The van der Waals surface area contributed by atoms with Crippen molar-refractivity contribution in [3.05, 3.63) is 16.4 Å². The van der Waals surface area contributed by atoms with Crippen LogP contribution in [-0.2, 0) is 24.7 Å². The zero-order valence-corrected chi connectivity index (χ0v) is 12.0. The molecule has 0 saturated carbocycles. The Labute approximate surface area is 108 Å². The van der Waals surface area contributed by atoms with E-state index in [1.165, 1.54) is 0 Å². The maximum Gasteiger partial charge on any atom is 0.133 e. The van der Waals surface area contributed by atoms with E-state index in [4.69, 9.17) is 11.6 Å². The third kappa shape index (κ3) is 3.09. The number of aromatic nitrogens is 2. The summed E-state index contributed by atoms with van der Waals surface area (Å²) < 4.78 is 1.81. The molecule has 0 N–H and O–H groups in total. The highest BCUT2D eigenvalue weighted by atomic mass is 35.5. The maximum atomic E-state index is 11.6. The molecule has 1 unspecified atom stereocenters. The molecule has 1 heterocycles. The first-order valence-corrected chi connectivity index (χ1v) is 6.46. The molecule has 0 aliphatic heterocycles. The van der Waals surface area contributed by atoms with Crippen molar-refractivity contribution in [1.82, 2.24) is 9.78 Å². The van der Waals surface area contributed by atoms with Crippen molar-refractivity contribution in [2.45, 2.75) is 40.5 Å². The standard InChI is InChI=1S/C13H21ClN2O/c1-6-11-13(14)12(16(5)15-11)7-10(8(2)3)9(4)17/h8,10H,6-7H2,1-5H3. The number of ketones is 1. The summed E-state index contributed by atoms with van der Waals surface area (Å²) in [7, 11) is 1.89. The van der Waals surface area contributed by atoms with Crippen molar-refractivity contribution in [3.8, 4) is 0 Å². The summed E-state index contributed by atoms with van der Waals surface area (Å²) in [4.78, 5) is 11.6. The summed E-state index contributed by atoms with van der Waals surface area (Å²) in [5.41, 5.74) is 1.88. The maximum absolute atomic E-state index is 11.6. The lowest BCUT2D eigenvalue weighted by Gasteiger charge is -2.17. The molecule has 0 amide bonds. The number of Topliss-reactive ketones (excluding diaryl/α,β-unsaturated/α-hetero) is 1. The fourth-order valence-corrected chi connectivity index (χ4v) is 2.47. The largest absolute Gasteiger partial charge is 0.300 e. The molecular weight excluding hydrogens is 236 g/mol. The SMILES string of the molecule is CCc1nn(C)c(CC(C(C)=O)C(C)C)c1Cl. The zero-order chi connectivity index (χ0) is 13.2. The number of rotatable bonds is 5. The Morgan fingerprint density at radius 2 is 2.06 bits per heavy atom. The molecule has 1 aromatic rings. The van der Waals surface area contributed by atoms with Crippen LogP contribution in [0.25, 0.3) is 0 Å². The van der Waals surface area contributed by atoms with E-state index in [0.29, 0.717) is 12.3 Å². The highest BCUT2D eigenvalue weighted by Crippen LogP contribution is 2.26. The van der Waals surface area contributed by atoms with E-state index < -0.39 is 0 Å². The molecule has 1 atom stereocenters. The summed E-state index contributed by atoms with van der Waals surface area (Å²) in [5, 5.41) is 5.10. The molecule has 0 radical (unpaired) electrons. The Hall–Kier alpha value is -0.830. The van der Waals surface area contributed by atoms with Gasteiger partial charge in [0.05, 0.1) is 16.4 Å². The molecule has 4 heteroatoms. The van der Waals surface area contributed by atoms with E-state index in [2.05, 4.69) is 18.9 Å². The van der Waals surface area contributed by atoms with Gasteiger partial charge in [0.1, 0.15) is 5.78 Å². The number of carbonyl (C=O) groups is 1. The number of hydrogen-bond donors (Lipinski definition) is 0. The van der Waals surface area contributed by atoms with Crippen LogP contribution in [0.3, 0.4) is 0 Å². The lowest BCUT2D eigenvalue weighted by atomic mass is 9.88. The van der Waals surface area contributed by atoms with E-state index in [1.54, 1.807) is 11.6 Å². The smallest absolute Gasteiger partial charge is 0.133 e. The number of hydrogen-bond acceptors (Lipinski definition) is 2. The van der Waals surface area contributed by atoms with Crippen LogP contribution in [0.4, 0.5) is 0 Å². The Morgan fingerprint density at radius 1 is 1.47 bits per heavy atom. The monoisotopic (exact) mass is 256 g/mol. The molecule has 17 heavy (non-hydrogen) atoms. The van der Waals surface area contributed by atoms with Crippen LogP contribution in [0, 0.1) is 11.8 Å². The van der Waals surface area contributed by atoms with Gasteiger partial charge in [0.2, 0.25) is 0 Å². The molecule has 0 spiro atoms. The number of aryl methyl sites for hydroxylation is 2. The van der Waals surface area contributed by atoms with Crippen molar-refractivity contribution in [2.75, 3.05) is 0 Å². The minimum atomic E-state index is 0.0209. The Kier molecular flexibility index (Phi) is 4.75. The third-order valence-electron chi connectivity index (χ3n) is 3.24. The van der Waals surface area contributed by atoms with Gasteiger partial charge in [0, 0.05) is 19.4 Å². The average molecular weight is 257 g/mol. The van der Waals surface area contributed by atoms with Crippen LogP contribution in [0.1, 0.15) is 39.1 Å². The minimum Gasteiger partial charge on any atom is -0.300 e. The average Bonchev–Trinajstić information content (AvgIpc) is 2.50. The van der Waals surface area contributed by atoms with Crippen molar-refractivity contribution in [1.29, 1.82) is 0 Å². The first kappa shape index (κ1) is 14.2. The number of nitrogens with zero attached hydrogens (tertiary/aromatic N) is 2. The molecular formula is C13H21ClN2O. The van der Waals surface area contributed by atoms with Crippen molar-refractivity contribution >= 4 is 17.4 Å². The van der Waals surface area contributed by atoms with E-state index in [1.807, 2.05) is 14.0 Å². The Bertz CT molecular complexity index is 410. The summed E-state index contributed by atoms with van der Waals surface area (Å²) >= 11 is 6.29. The van der Waals surface area contributed by atoms with Crippen LogP contribution in [0.15, 0.2) is 0 Å². The van der Waals surface area contributed by atoms with Gasteiger partial charge >= 0.3 is 0 Å². The zero-order valence-electron chi connectivity index (χ0n) is 11.2. The predicted octanol–water partition coefficient (Wildman–Crippen LogP) is 3.04. The molecule has 0 aliphatic carbocycles. The molecule has 0 saturated heterocycles. The van der Waals surface area contributed by atoms with Gasteiger partial charge in [-0.3, -0.25) is 9.48 Å². The number of halogens is 1. The normalized spacial score (nSPS) is 13.1. The predicted molar refractivity (Wildman–Crippen MR) is 70.3 cm³/mol. The van der Waals surface area contributed by atoms with Gasteiger partial charge in [-0.1, -0.05) is 32.4 Å². The third-order valence-corrected chi connectivity index (χ3v) is 3.68. The van der Waals surface area contributed by atoms with Crippen LogP contribution in [0.2, 0.25) is 5.02 Å². The van der Waals surface area contributed by atoms with Gasteiger partial charge in [0.15, 0.2) is 0 Å². The van der Waals surface area contributed by atoms with Crippen molar-refractivity contribution < 1.29 is 4.79 Å². The fraction of sp³-hybridized carbons (Fsp3) is 0.692. The summed E-state index contributed by atoms with van der Waals surface area (Å²) in [6.07, 6.45) is 1.49. The van der Waals surface area contributed by atoms with Crippen LogP contribution in [-0.4, -0.2) is 15.6 Å². The summed E-state index contributed by atoms with van der Waals surface area (Å²) in [6.45, 7) is 7.81. The second kappa shape index (κ2) is 5.67. The summed E-state index contributed by atoms with van der Waals surface area (Å²) in [5.74, 6) is 0.562. The van der Waals surface area contributed by atoms with E-state index in [9.17, 15) is 4.79 Å². The highest BCUT2D eigenvalue weighted by Gasteiger charge is 2.23. The van der Waals surface area contributed by atoms with Gasteiger partial charge in [-0.2, -0.15) is 5.10 Å². The van der Waals surface area contributed by atoms with E-state index >= 15 is 0 Å². The molecule has 0 aromatic carbocycles. The molecule has 1 aromatic heterocycles. The molecule has 0 fully saturated rings. The van der Waals surface area contributed by atoms with Crippen LogP contribution in [0.5, 0.6) is 0 Å². The molecule has 1 rings (SSSR count). The van der Waals surface area contributed by atoms with Gasteiger partial charge in [-0.15, -0.1) is 0 Å². The topological polar surface area (TPSA) is 34.9 Å². The lowest BCUT2D eigenvalue weighted by Crippen LogP contribution is -2.21. The first-order chi connectivity index (χ1) is 7.88. The van der Waals surface area contributed by atoms with Gasteiger partial charge in [0.25, 0.3) is 0 Å². The minimum absolute atomic E-state index is 0.0209. The van der Waals surface area contributed by atoms with Crippen LogP contribution >= 0.6 is 11.6 Å². The van der Waals surface area contributed by atoms with Gasteiger partial charge in [-0.25, -0.2) is 0 Å². The number of carbonyl (C=O) groups excluding carboxylic acids is 1. The molecule has 3 nitrogen and oxygen atoms in total. The molecule has 0 bridgehead atoms.